The molecule has 3 aromatic rings. The number of carbonyl (C=O) groups is 1. The van der Waals surface area contributed by atoms with E-state index in [1.165, 1.54) is 15.9 Å². The second-order valence-electron chi connectivity index (χ2n) is 6.21. The van der Waals surface area contributed by atoms with Gasteiger partial charge in [0.2, 0.25) is 5.91 Å². The third-order valence-electron chi connectivity index (χ3n) is 4.14. The third-order valence-corrected chi connectivity index (χ3v) is 5.26. The van der Waals surface area contributed by atoms with Gasteiger partial charge in [0.1, 0.15) is 16.7 Å². The summed E-state index contributed by atoms with van der Waals surface area (Å²) in [5.41, 5.74) is 6.88. The smallest absolute Gasteiger partial charge is 0.263 e. The van der Waals surface area contributed by atoms with Crippen molar-refractivity contribution in [1.29, 1.82) is 0 Å². The highest BCUT2D eigenvalue weighted by molar-refractivity contribution is 7.17. The number of hydrogen-bond donors (Lipinski definition) is 1. The minimum absolute atomic E-state index is 0.0139. The lowest BCUT2D eigenvalue weighted by Gasteiger charge is -2.19. The lowest BCUT2D eigenvalue weighted by atomic mass is 10.1. The van der Waals surface area contributed by atoms with Crippen molar-refractivity contribution in [1.82, 2.24) is 9.55 Å². The van der Waals surface area contributed by atoms with Crippen LogP contribution in [0.4, 0.5) is 0 Å². The summed E-state index contributed by atoms with van der Waals surface area (Å²) in [5, 5.41) is 3.04. The summed E-state index contributed by atoms with van der Waals surface area (Å²) < 4.78 is 1.42. The summed E-state index contributed by atoms with van der Waals surface area (Å²) in [6.07, 6.45) is 0. The van der Waals surface area contributed by atoms with E-state index in [0.29, 0.717) is 21.1 Å². The van der Waals surface area contributed by atoms with Gasteiger partial charge in [0.25, 0.3) is 5.56 Å². The highest BCUT2D eigenvalue weighted by Crippen LogP contribution is 2.32. The minimum Gasteiger partial charge on any atom is -0.368 e. The van der Waals surface area contributed by atoms with Gasteiger partial charge in [0.15, 0.2) is 0 Å². The van der Waals surface area contributed by atoms with Gasteiger partial charge in [-0.15, -0.1) is 11.3 Å². The molecule has 3 rings (SSSR count). The summed E-state index contributed by atoms with van der Waals surface area (Å²) >= 11 is 7.37. The lowest BCUT2D eigenvalue weighted by molar-refractivity contribution is -0.120. The van der Waals surface area contributed by atoms with Gasteiger partial charge < -0.3 is 5.73 Å². The molecular formula is C18H18ClN3O2S. The number of aromatic nitrogens is 2. The molecule has 0 radical (unpaired) electrons. The van der Waals surface area contributed by atoms with Crippen LogP contribution in [0.3, 0.4) is 0 Å². The normalized spacial score (nSPS) is 12.7. The van der Waals surface area contributed by atoms with Crippen molar-refractivity contribution in [2.45, 2.75) is 32.7 Å². The number of thiophene rings is 1. The Hall–Kier alpha value is -2.18. The Morgan fingerprint density at radius 2 is 1.88 bits per heavy atom. The number of primary amides is 1. The second kappa shape index (κ2) is 6.61. The summed E-state index contributed by atoms with van der Waals surface area (Å²) in [6.45, 7) is 5.49. The molecule has 0 aliphatic heterocycles. The number of amides is 1. The highest BCUT2D eigenvalue weighted by atomic mass is 35.5. The molecule has 0 aliphatic rings. The number of benzene rings is 1. The van der Waals surface area contributed by atoms with E-state index >= 15 is 0 Å². The second-order valence-corrected chi connectivity index (χ2v) is 7.51. The minimum atomic E-state index is -0.764. The number of nitrogens with two attached hydrogens (primary N) is 1. The Morgan fingerprint density at radius 1 is 1.24 bits per heavy atom. The zero-order valence-electron chi connectivity index (χ0n) is 14.1. The van der Waals surface area contributed by atoms with E-state index in [1.807, 2.05) is 31.4 Å². The van der Waals surface area contributed by atoms with Gasteiger partial charge in [0, 0.05) is 21.9 Å². The van der Waals surface area contributed by atoms with Crippen LogP contribution in [0, 0.1) is 0 Å². The first-order chi connectivity index (χ1) is 11.8. The predicted octanol–water partition coefficient (Wildman–Crippen LogP) is 3.95. The van der Waals surface area contributed by atoms with Crippen LogP contribution >= 0.6 is 22.9 Å². The van der Waals surface area contributed by atoms with E-state index in [9.17, 15) is 9.59 Å². The largest absolute Gasteiger partial charge is 0.368 e. The fourth-order valence-electron chi connectivity index (χ4n) is 2.77. The summed E-state index contributed by atoms with van der Waals surface area (Å²) in [7, 11) is 0. The van der Waals surface area contributed by atoms with Crippen molar-refractivity contribution < 1.29 is 4.79 Å². The number of hydrogen-bond acceptors (Lipinski definition) is 4. The van der Waals surface area contributed by atoms with Gasteiger partial charge in [-0.25, -0.2) is 4.98 Å². The topological polar surface area (TPSA) is 78.0 Å². The predicted molar refractivity (Wildman–Crippen MR) is 102 cm³/mol. The summed E-state index contributed by atoms with van der Waals surface area (Å²) in [4.78, 5) is 30.2. The molecule has 0 saturated carbocycles. The maximum absolute atomic E-state index is 13.2. The van der Waals surface area contributed by atoms with Gasteiger partial charge >= 0.3 is 0 Å². The molecule has 5 nitrogen and oxygen atoms in total. The van der Waals surface area contributed by atoms with Crippen molar-refractivity contribution in [3.05, 3.63) is 50.8 Å². The molecule has 130 valence electrons. The van der Waals surface area contributed by atoms with Crippen LogP contribution in [0.1, 0.15) is 38.6 Å². The van der Waals surface area contributed by atoms with Crippen LogP contribution in [0.15, 0.2) is 34.4 Å². The van der Waals surface area contributed by atoms with Gasteiger partial charge in [-0.3, -0.25) is 14.2 Å². The molecule has 2 N–H and O–H groups in total. The standard InChI is InChI=1S/C18H18ClN3O2S/c1-9(2)16-21-17-14(18(24)22(16)10(3)15(20)23)13(8-25-17)11-4-6-12(19)7-5-11/h4-10H,1-3H3,(H2,20,23). The number of carbonyl (C=O) groups excluding carboxylic acids is 1. The molecule has 2 heterocycles. The Balaban J connectivity index is 2.34. The van der Waals surface area contributed by atoms with Crippen LogP contribution in [-0.4, -0.2) is 15.5 Å². The average Bonchev–Trinajstić information content (AvgIpc) is 2.99. The first-order valence-corrected chi connectivity index (χ1v) is 9.16. The van der Waals surface area contributed by atoms with E-state index in [-0.39, 0.29) is 11.5 Å². The Labute approximate surface area is 154 Å². The quantitative estimate of drug-likeness (QED) is 0.749. The fourth-order valence-corrected chi connectivity index (χ4v) is 3.84. The summed E-state index contributed by atoms with van der Waals surface area (Å²) in [6, 6.07) is 6.52. The molecule has 1 amide bonds. The molecule has 2 aromatic heterocycles. The number of nitrogens with zero attached hydrogens (tertiary/aromatic N) is 2. The number of fused-ring (bicyclic) bond motifs is 1. The van der Waals surface area contributed by atoms with Crippen LogP contribution in [0.2, 0.25) is 5.02 Å². The Bertz CT molecular complexity index is 1010. The fraction of sp³-hybridized carbons (Fsp3) is 0.278. The molecule has 25 heavy (non-hydrogen) atoms. The highest BCUT2D eigenvalue weighted by Gasteiger charge is 2.23. The van der Waals surface area contributed by atoms with E-state index in [2.05, 4.69) is 4.98 Å². The van der Waals surface area contributed by atoms with Gasteiger partial charge in [-0.1, -0.05) is 37.6 Å². The SMILES string of the molecule is CC(C)c1nc2scc(-c3ccc(Cl)cc3)c2c(=O)n1C(C)C(N)=O. The lowest BCUT2D eigenvalue weighted by Crippen LogP contribution is -2.35. The molecule has 1 aromatic carbocycles. The van der Waals surface area contributed by atoms with Crippen molar-refractivity contribution in [3.63, 3.8) is 0 Å². The third kappa shape index (κ3) is 3.07. The first-order valence-electron chi connectivity index (χ1n) is 7.90. The Kier molecular flexibility index (Phi) is 4.67. The van der Waals surface area contributed by atoms with Crippen LogP contribution < -0.4 is 11.3 Å². The van der Waals surface area contributed by atoms with Crippen LogP contribution in [-0.2, 0) is 4.79 Å². The molecule has 0 fully saturated rings. The number of rotatable bonds is 4. The maximum atomic E-state index is 13.2. The molecule has 0 spiro atoms. The average molecular weight is 376 g/mol. The molecule has 0 bridgehead atoms. The van der Waals surface area contributed by atoms with E-state index in [0.717, 1.165) is 11.1 Å². The maximum Gasteiger partial charge on any atom is 0.263 e. The summed E-state index contributed by atoms with van der Waals surface area (Å²) in [5.74, 6) is -0.0123. The first kappa shape index (κ1) is 17.6. The van der Waals surface area contributed by atoms with Crippen LogP contribution in [0.5, 0.6) is 0 Å². The van der Waals surface area contributed by atoms with E-state index < -0.39 is 11.9 Å². The Morgan fingerprint density at radius 3 is 2.44 bits per heavy atom. The van der Waals surface area contributed by atoms with Crippen molar-refractivity contribution in [2.75, 3.05) is 0 Å². The molecule has 1 atom stereocenters. The monoisotopic (exact) mass is 375 g/mol. The molecule has 1 unspecified atom stereocenters. The van der Waals surface area contributed by atoms with E-state index in [1.54, 1.807) is 19.1 Å². The molecular weight excluding hydrogens is 358 g/mol. The zero-order chi connectivity index (χ0) is 18.3. The van der Waals surface area contributed by atoms with E-state index in [4.69, 9.17) is 17.3 Å². The van der Waals surface area contributed by atoms with Crippen molar-refractivity contribution in [2.24, 2.45) is 5.73 Å². The van der Waals surface area contributed by atoms with Crippen molar-refractivity contribution in [3.8, 4) is 11.1 Å². The van der Waals surface area contributed by atoms with Gasteiger partial charge in [0.05, 0.1) is 5.39 Å². The molecule has 0 saturated heterocycles. The molecule has 0 aliphatic carbocycles. The molecule has 7 heteroatoms. The number of halogens is 1. The van der Waals surface area contributed by atoms with Crippen LogP contribution in [0.25, 0.3) is 21.3 Å². The van der Waals surface area contributed by atoms with Gasteiger partial charge in [-0.05, 0) is 24.6 Å². The van der Waals surface area contributed by atoms with Crippen molar-refractivity contribution >= 4 is 39.1 Å². The van der Waals surface area contributed by atoms with Gasteiger partial charge in [-0.2, -0.15) is 0 Å². The zero-order valence-corrected chi connectivity index (χ0v) is 15.7.